The van der Waals surface area contributed by atoms with Gasteiger partial charge in [-0.25, -0.2) is 0 Å². The lowest BCUT2D eigenvalue weighted by Gasteiger charge is -2.39. The maximum Gasteiger partial charge on any atom is 0.131 e. The van der Waals surface area contributed by atoms with Gasteiger partial charge < -0.3 is 4.74 Å². The van der Waals surface area contributed by atoms with E-state index in [2.05, 4.69) is 91.8 Å². The van der Waals surface area contributed by atoms with E-state index in [4.69, 9.17) is 4.74 Å². The van der Waals surface area contributed by atoms with Gasteiger partial charge in [-0.3, -0.25) is 0 Å². The van der Waals surface area contributed by atoms with E-state index in [1.807, 2.05) is 0 Å². The lowest BCUT2D eigenvalue weighted by molar-refractivity contribution is 0.406. The number of fused-ring (bicyclic) bond motifs is 2. The molecule has 3 rings (SSSR count). The smallest absolute Gasteiger partial charge is 0.131 e. The van der Waals surface area contributed by atoms with Crippen molar-refractivity contribution in [3.05, 3.63) is 58.7 Å². The molecule has 1 heterocycles. The van der Waals surface area contributed by atoms with Gasteiger partial charge in [0.2, 0.25) is 0 Å². The van der Waals surface area contributed by atoms with Crippen LogP contribution in [-0.4, -0.2) is 0 Å². The molecule has 1 heteroatoms. The van der Waals surface area contributed by atoms with Crippen LogP contribution in [0, 0.1) is 0 Å². The summed E-state index contributed by atoms with van der Waals surface area (Å²) in [5.74, 6) is 2.01. The van der Waals surface area contributed by atoms with Crippen molar-refractivity contribution < 1.29 is 4.74 Å². The average Bonchev–Trinajstić information content (AvgIpc) is 2.44. The van der Waals surface area contributed by atoms with Crippen molar-refractivity contribution in [3.63, 3.8) is 0 Å². The van der Waals surface area contributed by atoms with Crippen LogP contribution in [-0.2, 0) is 16.2 Å². The SMILES string of the molecule is CC(C)(C)c1ccc2c(c1)Oc1cccc(C(C)(C)C)c1C2(C)C. The van der Waals surface area contributed by atoms with Gasteiger partial charge in [0.1, 0.15) is 11.5 Å². The van der Waals surface area contributed by atoms with Gasteiger partial charge in [0.05, 0.1) is 0 Å². The first kappa shape index (κ1) is 17.1. The van der Waals surface area contributed by atoms with E-state index in [1.54, 1.807) is 0 Å². The topological polar surface area (TPSA) is 9.23 Å². The van der Waals surface area contributed by atoms with Crippen LogP contribution in [0.25, 0.3) is 0 Å². The van der Waals surface area contributed by atoms with E-state index in [1.165, 1.54) is 22.3 Å². The first-order chi connectivity index (χ1) is 10.9. The third kappa shape index (κ3) is 2.64. The van der Waals surface area contributed by atoms with Crippen LogP contribution in [0.3, 0.4) is 0 Å². The molecule has 0 radical (unpaired) electrons. The van der Waals surface area contributed by atoms with Crippen LogP contribution < -0.4 is 4.74 Å². The zero-order valence-electron chi connectivity index (χ0n) is 16.4. The lowest BCUT2D eigenvalue weighted by Crippen LogP contribution is -2.29. The second-order valence-corrected chi connectivity index (χ2v) is 9.62. The Kier molecular flexibility index (Phi) is 3.64. The summed E-state index contributed by atoms with van der Waals surface area (Å²) in [6, 6.07) is 13.2. The molecule has 24 heavy (non-hydrogen) atoms. The molecular formula is C23H30O. The zero-order chi connectivity index (χ0) is 17.9. The Morgan fingerprint density at radius 2 is 1.46 bits per heavy atom. The Morgan fingerprint density at radius 1 is 0.792 bits per heavy atom. The molecule has 0 aliphatic carbocycles. The first-order valence-corrected chi connectivity index (χ1v) is 8.89. The van der Waals surface area contributed by atoms with E-state index in [0.717, 1.165) is 11.5 Å². The minimum atomic E-state index is -0.0663. The van der Waals surface area contributed by atoms with Crippen LogP contribution in [0.2, 0.25) is 0 Å². The Labute approximate surface area is 147 Å². The molecule has 0 amide bonds. The Balaban J connectivity index is 2.23. The van der Waals surface area contributed by atoms with Gasteiger partial charge >= 0.3 is 0 Å². The van der Waals surface area contributed by atoms with Crippen molar-refractivity contribution in [2.75, 3.05) is 0 Å². The second kappa shape index (κ2) is 5.12. The predicted molar refractivity (Wildman–Crippen MR) is 102 cm³/mol. The van der Waals surface area contributed by atoms with Gasteiger partial charge in [-0.2, -0.15) is 0 Å². The summed E-state index contributed by atoms with van der Waals surface area (Å²) in [5.41, 5.74) is 5.44. The Hall–Kier alpha value is -1.76. The minimum Gasteiger partial charge on any atom is -0.457 e. The maximum atomic E-state index is 6.38. The molecule has 0 saturated carbocycles. The van der Waals surface area contributed by atoms with Crippen molar-refractivity contribution in [2.24, 2.45) is 0 Å². The molecule has 0 aromatic heterocycles. The highest BCUT2D eigenvalue weighted by atomic mass is 16.5. The normalized spacial score (nSPS) is 16.2. The quantitative estimate of drug-likeness (QED) is 0.523. The van der Waals surface area contributed by atoms with Crippen molar-refractivity contribution in [1.29, 1.82) is 0 Å². The molecule has 0 spiro atoms. The van der Waals surface area contributed by atoms with Gasteiger partial charge in [-0.1, -0.05) is 79.7 Å². The fourth-order valence-electron chi connectivity index (χ4n) is 3.73. The van der Waals surface area contributed by atoms with Gasteiger partial charge in [0.15, 0.2) is 0 Å². The summed E-state index contributed by atoms with van der Waals surface area (Å²) in [6.45, 7) is 18.2. The molecule has 2 aromatic rings. The molecule has 1 aliphatic heterocycles. The molecule has 0 unspecified atom stereocenters. The van der Waals surface area contributed by atoms with Crippen LogP contribution in [0.1, 0.15) is 77.6 Å². The molecule has 0 N–H and O–H groups in total. The second-order valence-electron chi connectivity index (χ2n) is 9.62. The number of ether oxygens (including phenoxy) is 1. The third-order valence-corrected chi connectivity index (χ3v) is 5.20. The molecule has 128 valence electrons. The molecule has 1 aliphatic rings. The number of benzene rings is 2. The largest absolute Gasteiger partial charge is 0.457 e. The number of hydrogen-bond donors (Lipinski definition) is 0. The minimum absolute atomic E-state index is 0.0663. The summed E-state index contributed by atoms with van der Waals surface area (Å²) in [7, 11) is 0. The monoisotopic (exact) mass is 322 g/mol. The van der Waals surface area contributed by atoms with E-state index >= 15 is 0 Å². The molecule has 1 nitrogen and oxygen atoms in total. The lowest BCUT2D eigenvalue weighted by atomic mass is 9.69. The molecule has 2 aromatic carbocycles. The fourth-order valence-corrected chi connectivity index (χ4v) is 3.73. The summed E-state index contributed by atoms with van der Waals surface area (Å²) in [4.78, 5) is 0. The van der Waals surface area contributed by atoms with Gasteiger partial charge in [-0.15, -0.1) is 0 Å². The summed E-state index contributed by atoms with van der Waals surface area (Å²) < 4.78 is 6.38. The summed E-state index contributed by atoms with van der Waals surface area (Å²) >= 11 is 0. The van der Waals surface area contributed by atoms with Crippen LogP contribution >= 0.6 is 0 Å². The Morgan fingerprint density at radius 3 is 2.04 bits per heavy atom. The molecule has 0 saturated heterocycles. The third-order valence-electron chi connectivity index (χ3n) is 5.20. The Bertz CT molecular complexity index is 783. The highest BCUT2D eigenvalue weighted by molar-refractivity contribution is 5.61. The van der Waals surface area contributed by atoms with E-state index in [0.29, 0.717) is 0 Å². The van der Waals surface area contributed by atoms with Crippen molar-refractivity contribution >= 4 is 0 Å². The van der Waals surface area contributed by atoms with Crippen LogP contribution in [0.4, 0.5) is 0 Å². The van der Waals surface area contributed by atoms with E-state index in [-0.39, 0.29) is 16.2 Å². The number of rotatable bonds is 0. The van der Waals surface area contributed by atoms with E-state index < -0.39 is 0 Å². The van der Waals surface area contributed by atoms with Crippen LogP contribution in [0.15, 0.2) is 36.4 Å². The van der Waals surface area contributed by atoms with Crippen molar-refractivity contribution in [2.45, 2.75) is 71.6 Å². The fraction of sp³-hybridized carbons (Fsp3) is 0.478. The van der Waals surface area contributed by atoms with Crippen molar-refractivity contribution in [1.82, 2.24) is 0 Å². The average molecular weight is 322 g/mol. The standard InChI is InChI=1S/C23H30O/c1-21(2,3)15-12-13-16-19(14-15)24-18-11-9-10-17(22(4,5)6)20(18)23(16,7)8/h9-14H,1-8H3. The molecular weight excluding hydrogens is 292 g/mol. The highest BCUT2D eigenvalue weighted by Crippen LogP contribution is 2.51. The zero-order valence-corrected chi connectivity index (χ0v) is 16.4. The predicted octanol–water partition coefficient (Wildman–Crippen LogP) is 6.71. The summed E-state index contributed by atoms with van der Waals surface area (Å²) in [5, 5.41) is 0. The van der Waals surface area contributed by atoms with Gasteiger partial charge in [-0.05, 0) is 34.1 Å². The highest BCUT2D eigenvalue weighted by Gasteiger charge is 2.38. The molecule has 0 bridgehead atoms. The molecule has 0 atom stereocenters. The van der Waals surface area contributed by atoms with Crippen molar-refractivity contribution in [3.8, 4) is 11.5 Å². The maximum absolute atomic E-state index is 6.38. The van der Waals surface area contributed by atoms with Gasteiger partial charge in [0.25, 0.3) is 0 Å². The van der Waals surface area contributed by atoms with Crippen LogP contribution in [0.5, 0.6) is 11.5 Å². The van der Waals surface area contributed by atoms with E-state index in [9.17, 15) is 0 Å². The summed E-state index contributed by atoms with van der Waals surface area (Å²) in [6.07, 6.45) is 0. The van der Waals surface area contributed by atoms with Gasteiger partial charge in [0, 0.05) is 16.5 Å². The number of hydrogen-bond acceptors (Lipinski definition) is 1. The first-order valence-electron chi connectivity index (χ1n) is 8.89. The molecule has 0 fully saturated rings.